The lowest BCUT2D eigenvalue weighted by Gasteiger charge is -2.29. The third kappa shape index (κ3) is 10.2. The quantitative estimate of drug-likeness (QED) is 0.0946. The predicted molar refractivity (Wildman–Crippen MR) is 337 cm³/mol. The molecule has 396 valence electrons. The number of hydrogen-bond donors (Lipinski definition) is 2. The second-order valence-electron chi connectivity index (χ2n) is 23.0. The fourth-order valence-electron chi connectivity index (χ4n) is 11.7. The van der Waals surface area contributed by atoms with Gasteiger partial charge in [-0.2, -0.15) is 0 Å². The van der Waals surface area contributed by atoms with Gasteiger partial charge in [-0.1, -0.05) is 169 Å². The van der Waals surface area contributed by atoms with Crippen LogP contribution in [0.2, 0.25) is 0 Å². The Balaban J connectivity index is 0.737. The predicted octanol–water partition coefficient (Wildman–Crippen LogP) is 18.7. The van der Waals surface area contributed by atoms with Gasteiger partial charge in [0.05, 0.1) is 0 Å². The molecule has 0 fully saturated rings. The number of aromatic hydroxyl groups is 2. The Hall–Kier alpha value is -9.26. The van der Waals surface area contributed by atoms with E-state index < -0.39 is 0 Å². The fraction of sp³-hybridized carbons (Fsp3) is 0.162. The molecule has 0 atom stereocenters. The van der Waals surface area contributed by atoms with Crippen molar-refractivity contribution in [3.05, 3.63) is 276 Å². The third-order valence-corrected chi connectivity index (χ3v) is 16.1. The molecule has 11 rings (SSSR count). The number of allylic oxidation sites excluding steroid dienone is 5. The minimum Gasteiger partial charge on any atom is -0.507 e. The number of phenols is 2. The molecule has 0 bridgehead atoms. The molecule has 6 heteroatoms. The number of aliphatic imine (C=N–C) groups is 2. The molecule has 2 N–H and O–H groups in total. The van der Waals surface area contributed by atoms with Gasteiger partial charge in [0.2, 0.25) is 0 Å². The number of phenolic OH excluding ortho intramolecular Hbond substituents is 2. The van der Waals surface area contributed by atoms with Crippen LogP contribution in [0.1, 0.15) is 81.8 Å². The first-order valence-electron chi connectivity index (χ1n) is 27.6. The van der Waals surface area contributed by atoms with E-state index in [-0.39, 0.29) is 27.7 Å². The summed E-state index contributed by atoms with van der Waals surface area (Å²) in [7, 11) is 0. The highest BCUT2D eigenvalue weighted by Crippen LogP contribution is 2.53. The number of rotatable bonds is 16. The second-order valence-corrected chi connectivity index (χ2v) is 23.0. The summed E-state index contributed by atoms with van der Waals surface area (Å²) in [5.74, 6) is 0.351. The van der Waals surface area contributed by atoms with Gasteiger partial charge in [-0.3, -0.25) is 9.98 Å². The van der Waals surface area contributed by atoms with Gasteiger partial charge >= 0.3 is 0 Å². The molecule has 0 saturated carbocycles. The van der Waals surface area contributed by atoms with Crippen LogP contribution in [0.15, 0.2) is 252 Å². The van der Waals surface area contributed by atoms with Crippen molar-refractivity contribution >= 4 is 46.4 Å². The number of para-hydroxylation sites is 4. The maximum atomic E-state index is 11.3. The lowest BCUT2D eigenvalue weighted by atomic mass is 9.80. The van der Waals surface area contributed by atoms with Crippen molar-refractivity contribution in [2.75, 3.05) is 22.9 Å². The molecule has 0 unspecified atom stereocenters. The highest BCUT2D eigenvalue weighted by molar-refractivity contribution is 5.92. The number of fused-ring (bicyclic) bond motifs is 4. The van der Waals surface area contributed by atoms with Crippen LogP contribution >= 0.6 is 0 Å². The van der Waals surface area contributed by atoms with Gasteiger partial charge in [0.15, 0.2) is 0 Å². The monoisotopic (exact) mass is 1040 g/mol. The average molecular weight is 1050 g/mol. The summed E-state index contributed by atoms with van der Waals surface area (Å²) in [6.07, 6.45) is 7.79. The summed E-state index contributed by atoms with van der Waals surface area (Å²) in [4.78, 5) is 14.2. The molecule has 0 spiro atoms. The SMILES string of the molecule is C=CC1=C(/C=C(\C)N(c2ccccc2)c2ccccc2)C(C)(C)c2cc(-c3ccc(C=NCC(C)(C)CN=Cc4ccc(-c5ccc6c(c5)C(C)(C)c5cc(N(c7ccccc7)c7ccccc7)ccc5-6)cc4O)c(O)c3)ccc21. The smallest absolute Gasteiger partial charge is 0.124 e. The largest absolute Gasteiger partial charge is 0.507 e. The second kappa shape index (κ2) is 21.5. The fourth-order valence-corrected chi connectivity index (χ4v) is 11.7. The zero-order chi connectivity index (χ0) is 55.8. The van der Waals surface area contributed by atoms with Gasteiger partial charge in [0, 0.05) is 87.0 Å². The van der Waals surface area contributed by atoms with Crippen molar-refractivity contribution < 1.29 is 10.2 Å². The molecule has 0 aromatic heterocycles. The molecule has 80 heavy (non-hydrogen) atoms. The van der Waals surface area contributed by atoms with Crippen molar-refractivity contribution in [3.63, 3.8) is 0 Å². The summed E-state index contributed by atoms with van der Waals surface area (Å²) in [5, 5.41) is 22.7. The van der Waals surface area contributed by atoms with Gasteiger partial charge in [0.1, 0.15) is 11.5 Å². The van der Waals surface area contributed by atoms with Crippen molar-refractivity contribution in [1.29, 1.82) is 0 Å². The van der Waals surface area contributed by atoms with Gasteiger partial charge in [-0.05, 0) is 177 Å². The lowest BCUT2D eigenvalue weighted by Crippen LogP contribution is -2.19. The first-order valence-corrected chi connectivity index (χ1v) is 27.6. The molecule has 0 amide bonds. The Morgan fingerprint density at radius 3 is 1.34 bits per heavy atom. The zero-order valence-corrected chi connectivity index (χ0v) is 46.8. The summed E-state index contributed by atoms with van der Waals surface area (Å²) in [6, 6.07) is 73.8. The molecule has 9 aromatic carbocycles. The number of nitrogens with zero attached hydrogens (tertiary/aromatic N) is 4. The van der Waals surface area contributed by atoms with E-state index in [1.54, 1.807) is 12.4 Å². The molecular weight excluding hydrogens is 977 g/mol. The van der Waals surface area contributed by atoms with Crippen LogP contribution in [0.4, 0.5) is 28.4 Å². The molecule has 0 aliphatic heterocycles. The van der Waals surface area contributed by atoms with E-state index in [2.05, 4.69) is 247 Å². The van der Waals surface area contributed by atoms with Gasteiger partial charge in [0.25, 0.3) is 0 Å². The first kappa shape index (κ1) is 52.8. The first-order chi connectivity index (χ1) is 38.6. The van der Waals surface area contributed by atoms with E-state index >= 15 is 0 Å². The van der Waals surface area contributed by atoms with Gasteiger partial charge in [-0.15, -0.1) is 0 Å². The Morgan fingerprint density at radius 1 is 0.475 bits per heavy atom. The maximum absolute atomic E-state index is 11.3. The third-order valence-electron chi connectivity index (χ3n) is 16.1. The molecule has 0 saturated heterocycles. The van der Waals surface area contributed by atoms with E-state index in [1.165, 1.54) is 39.0 Å². The van der Waals surface area contributed by atoms with Crippen LogP contribution in [0.3, 0.4) is 0 Å². The van der Waals surface area contributed by atoms with E-state index in [9.17, 15) is 10.2 Å². The van der Waals surface area contributed by atoms with E-state index in [4.69, 9.17) is 9.98 Å². The standard InChI is InChI=1S/C74H68N4O2/c1-9-62-63-37-34-51(41-67(63)73(5,6)66(62)40-50(2)77(57-22-14-10-15-23-57)58-24-16-11-17-25-58)53-30-32-55(70(79)43-53)46-75-48-72(3,4)49-76-47-56-33-31-54(44-71(56)80)52-35-38-64-65-39-36-61(45-69(65)74(7,8)68(64)42-52)78(59-26-18-12-19-27-59)60-28-20-13-21-29-60/h9-47,79-80H,1,48-49H2,2-8H3/b50-40+,75-46?,76-47?. The van der Waals surface area contributed by atoms with Crippen molar-refractivity contribution in [1.82, 2.24) is 0 Å². The van der Waals surface area contributed by atoms with Crippen LogP contribution < -0.4 is 9.80 Å². The minimum atomic E-state index is -0.315. The van der Waals surface area contributed by atoms with E-state index in [0.29, 0.717) is 24.2 Å². The summed E-state index contributed by atoms with van der Waals surface area (Å²) in [6.45, 7) is 20.9. The normalized spacial score (nSPS) is 14.3. The summed E-state index contributed by atoms with van der Waals surface area (Å²) >= 11 is 0. The molecule has 0 heterocycles. The Bertz CT molecular complexity index is 3830. The topological polar surface area (TPSA) is 71.7 Å². The Morgan fingerprint density at radius 2 is 0.875 bits per heavy atom. The number of anilines is 5. The lowest BCUT2D eigenvalue weighted by molar-refractivity contribution is 0.396. The molecule has 2 aliphatic carbocycles. The molecule has 6 nitrogen and oxygen atoms in total. The maximum Gasteiger partial charge on any atom is 0.124 e. The van der Waals surface area contributed by atoms with E-state index in [0.717, 1.165) is 62.0 Å². The highest BCUT2D eigenvalue weighted by Gasteiger charge is 2.38. The highest BCUT2D eigenvalue weighted by atomic mass is 16.3. The van der Waals surface area contributed by atoms with Crippen LogP contribution in [0, 0.1) is 5.41 Å². The van der Waals surface area contributed by atoms with Crippen molar-refractivity contribution in [3.8, 4) is 44.9 Å². The number of benzene rings is 9. The zero-order valence-electron chi connectivity index (χ0n) is 46.8. The molecule has 9 aromatic rings. The average Bonchev–Trinajstić information content (AvgIpc) is 3.83. The van der Waals surface area contributed by atoms with Crippen LogP contribution in [0.25, 0.3) is 39.0 Å². The Labute approximate surface area is 472 Å². The molecular formula is C74H68N4O2. The summed E-state index contributed by atoms with van der Waals surface area (Å²) < 4.78 is 0. The van der Waals surface area contributed by atoms with Gasteiger partial charge < -0.3 is 20.0 Å². The number of hydrogen-bond acceptors (Lipinski definition) is 6. The summed E-state index contributed by atoms with van der Waals surface area (Å²) in [5.41, 5.74) is 20.8. The van der Waals surface area contributed by atoms with Gasteiger partial charge in [-0.25, -0.2) is 0 Å². The van der Waals surface area contributed by atoms with Crippen molar-refractivity contribution in [2.24, 2.45) is 15.4 Å². The Kier molecular flexibility index (Phi) is 14.2. The van der Waals surface area contributed by atoms with Crippen LogP contribution in [0.5, 0.6) is 11.5 Å². The molecule has 2 aliphatic rings. The minimum absolute atomic E-state index is 0.171. The van der Waals surface area contributed by atoms with Crippen molar-refractivity contribution in [2.45, 2.75) is 59.3 Å². The van der Waals surface area contributed by atoms with E-state index in [1.807, 2.05) is 42.5 Å². The molecule has 0 radical (unpaired) electrons. The van der Waals surface area contributed by atoms with Crippen LogP contribution in [-0.2, 0) is 10.8 Å². The van der Waals surface area contributed by atoms with Crippen LogP contribution in [-0.4, -0.2) is 35.7 Å².